The van der Waals surface area contributed by atoms with Crippen molar-refractivity contribution in [1.82, 2.24) is 0 Å². The number of benzene rings is 2. The van der Waals surface area contributed by atoms with Crippen molar-refractivity contribution < 1.29 is 10.2 Å². The Morgan fingerprint density at radius 3 is 1.74 bits per heavy atom. The second-order valence-electron chi connectivity index (χ2n) is 8.66. The van der Waals surface area contributed by atoms with E-state index in [1.165, 1.54) is 22.3 Å². The van der Waals surface area contributed by atoms with E-state index in [-0.39, 0.29) is 16.2 Å². The lowest BCUT2D eigenvalue weighted by Crippen LogP contribution is -2.26. The molecule has 2 N–H and O–H groups in total. The Bertz CT molecular complexity index is 817. The van der Waals surface area contributed by atoms with Gasteiger partial charge in [-0.1, -0.05) is 39.8 Å². The molecule has 2 aliphatic rings. The van der Waals surface area contributed by atoms with Gasteiger partial charge in [0.25, 0.3) is 0 Å². The fourth-order valence-corrected chi connectivity index (χ4v) is 5.32. The molecule has 120 valence electrons. The van der Waals surface area contributed by atoms with Crippen LogP contribution in [0.4, 0.5) is 0 Å². The summed E-state index contributed by atoms with van der Waals surface area (Å²) < 4.78 is 0. The number of aromatic hydroxyl groups is 2. The van der Waals surface area contributed by atoms with E-state index in [9.17, 15) is 10.2 Å². The quantitative estimate of drug-likeness (QED) is 0.737. The first-order chi connectivity index (χ1) is 10.7. The topological polar surface area (TPSA) is 40.5 Å². The molecule has 0 heterocycles. The van der Waals surface area contributed by atoms with Crippen LogP contribution >= 0.6 is 0 Å². The minimum Gasteiger partial charge on any atom is -0.508 e. The fraction of sp³-hybridized carbons (Fsp3) is 0.429. The van der Waals surface area contributed by atoms with Gasteiger partial charge in [-0.2, -0.15) is 0 Å². The molecule has 23 heavy (non-hydrogen) atoms. The molecule has 1 atom stereocenters. The zero-order valence-corrected chi connectivity index (χ0v) is 14.3. The van der Waals surface area contributed by atoms with Gasteiger partial charge in [0.05, 0.1) is 0 Å². The Morgan fingerprint density at radius 1 is 0.652 bits per heavy atom. The summed E-state index contributed by atoms with van der Waals surface area (Å²) >= 11 is 0. The molecule has 0 aromatic heterocycles. The molecule has 0 fully saturated rings. The van der Waals surface area contributed by atoms with Crippen molar-refractivity contribution in [3.63, 3.8) is 0 Å². The molecule has 0 saturated carbocycles. The Kier molecular flexibility index (Phi) is 2.61. The first-order valence-electron chi connectivity index (χ1n) is 8.34. The van der Waals surface area contributed by atoms with Crippen LogP contribution in [-0.4, -0.2) is 10.2 Å². The van der Waals surface area contributed by atoms with Gasteiger partial charge >= 0.3 is 0 Å². The summed E-state index contributed by atoms with van der Waals surface area (Å²) in [6, 6.07) is 11.7. The van der Waals surface area contributed by atoms with Crippen LogP contribution in [0.3, 0.4) is 0 Å². The highest BCUT2D eigenvalue weighted by Crippen LogP contribution is 2.63. The van der Waals surface area contributed by atoms with E-state index in [2.05, 4.69) is 39.8 Å². The Balaban J connectivity index is 2.04. The summed E-state index contributed by atoms with van der Waals surface area (Å²) in [5.74, 6) is 0.674. The lowest BCUT2D eigenvalue weighted by Gasteiger charge is -2.30. The lowest BCUT2D eigenvalue weighted by atomic mass is 9.72. The summed E-state index contributed by atoms with van der Waals surface area (Å²) in [6.07, 6.45) is 2.05. The van der Waals surface area contributed by atoms with Crippen LogP contribution < -0.4 is 0 Å². The smallest absolute Gasteiger partial charge is 0.115 e. The van der Waals surface area contributed by atoms with Gasteiger partial charge in [-0.25, -0.2) is 0 Å². The minimum absolute atomic E-state index is 0.0111. The summed E-state index contributed by atoms with van der Waals surface area (Å²) in [5.41, 5.74) is 5.19. The maximum absolute atomic E-state index is 10.1. The van der Waals surface area contributed by atoms with Crippen LogP contribution in [0.25, 0.3) is 0 Å². The highest BCUT2D eigenvalue weighted by atomic mass is 16.3. The molecule has 0 aliphatic heterocycles. The zero-order chi connectivity index (χ0) is 16.6. The number of phenols is 2. The van der Waals surface area contributed by atoms with Crippen LogP contribution in [0.1, 0.15) is 62.8 Å². The van der Waals surface area contributed by atoms with Crippen molar-refractivity contribution in [2.24, 2.45) is 0 Å². The number of hydrogen-bond donors (Lipinski definition) is 2. The van der Waals surface area contributed by atoms with Gasteiger partial charge in [-0.15, -0.1) is 0 Å². The van der Waals surface area contributed by atoms with Crippen molar-refractivity contribution in [2.75, 3.05) is 0 Å². The van der Waals surface area contributed by atoms with Gasteiger partial charge in [-0.3, -0.25) is 0 Å². The van der Waals surface area contributed by atoms with Crippen molar-refractivity contribution in [2.45, 2.75) is 56.8 Å². The van der Waals surface area contributed by atoms with Crippen LogP contribution in [0.5, 0.6) is 11.5 Å². The molecule has 0 bridgehead atoms. The normalized spacial score (nSPS) is 26.3. The second kappa shape index (κ2) is 4.11. The zero-order valence-electron chi connectivity index (χ0n) is 14.3. The highest BCUT2D eigenvalue weighted by Gasteiger charge is 2.56. The van der Waals surface area contributed by atoms with Crippen LogP contribution in [0.2, 0.25) is 0 Å². The summed E-state index contributed by atoms with van der Waals surface area (Å²) in [7, 11) is 0. The van der Waals surface area contributed by atoms with Crippen molar-refractivity contribution in [3.8, 4) is 11.5 Å². The van der Waals surface area contributed by atoms with E-state index in [1.54, 1.807) is 12.1 Å². The van der Waals surface area contributed by atoms with E-state index < -0.39 is 0 Å². The third-order valence-electron chi connectivity index (χ3n) is 5.98. The Morgan fingerprint density at radius 2 is 1.13 bits per heavy atom. The molecule has 2 aromatic rings. The van der Waals surface area contributed by atoms with Crippen LogP contribution in [0, 0.1) is 0 Å². The molecule has 2 aliphatic carbocycles. The predicted molar refractivity (Wildman–Crippen MR) is 92.3 cm³/mol. The van der Waals surface area contributed by atoms with Gasteiger partial charge in [-0.05, 0) is 70.2 Å². The molecular formula is C21H24O2. The number of fused-ring (bicyclic) bond motifs is 4. The average molecular weight is 308 g/mol. The van der Waals surface area contributed by atoms with E-state index in [0.717, 1.165) is 12.8 Å². The summed E-state index contributed by atoms with van der Waals surface area (Å²) in [5, 5.41) is 20.1. The summed E-state index contributed by atoms with van der Waals surface area (Å²) in [6.45, 7) is 9.10. The van der Waals surface area contributed by atoms with Gasteiger partial charge in [0.2, 0.25) is 0 Å². The molecule has 2 heteroatoms. The predicted octanol–water partition coefficient (Wildman–Crippen LogP) is 4.75. The SMILES string of the molecule is CC1(C)CC2(CC(C)(C)c3ccc(O)cc32)c2ccc(O)cc21. The molecule has 0 radical (unpaired) electrons. The van der Waals surface area contributed by atoms with Crippen LogP contribution in [-0.2, 0) is 16.2 Å². The lowest BCUT2D eigenvalue weighted by molar-refractivity contribution is 0.349. The Labute approximate surface area is 137 Å². The van der Waals surface area contributed by atoms with E-state index in [0.29, 0.717) is 11.5 Å². The maximum atomic E-state index is 10.1. The molecule has 1 spiro atoms. The molecule has 0 amide bonds. The first-order valence-corrected chi connectivity index (χ1v) is 8.34. The molecule has 0 saturated heterocycles. The van der Waals surface area contributed by atoms with E-state index in [1.807, 2.05) is 12.1 Å². The van der Waals surface area contributed by atoms with Crippen molar-refractivity contribution >= 4 is 0 Å². The molecular weight excluding hydrogens is 284 g/mol. The average Bonchev–Trinajstić information content (AvgIpc) is 2.79. The van der Waals surface area contributed by atoms with E-state index in [4.69, 9.17) is 0 Å². The number of rotatable bonds is 0. The third-order valence-corrected chi connectivity index (χ3v) is 5.98. The minimum atomic E-state index is -0.0654. The molecule has 2 aromatic carbocycles. The van der Waals surface area contributed by atoms with Crippen LogP contribution in [0.15, 0.2) is 36.4 Å². The van der Waals surface area contributed by atoms with Gasteiger partial charge in [0.15, 0.2) is 0 Å². The number of hydrogen-bond acceptors (Lipinski definition) is 2. The van der Waals surface area contributed by atoms with Crippen molar-refractivity contribution in [3.05, 3.63) is 58.7 Å². The summed E-state index contributed by atoms with van der Waals surface area (Å²) in [4.78, 5) is 0. The fourth-order valence-electron chi connectivity index (χ4n) is 5.32. The van der Waals surface area contributed by atoms with Crippen molar-refractivity contribution in [1.29, 1.82) is 0 Å². The molecule has 1 unspecified atom stereocenters. The van der Waals surface area contributed by atoms with Gasteiger partial charge in [0.1, 0.15) is 11.5 Å². The van der Waals surface area contributed by atoms with Gasteiger partial charge < -0.3 is 10.2 Å². The van der Waals surface area contributed by atoms with E-state index >= 15 is 0 Å². The second-order valence-corrected chi connectivity index (χ2v) is 8.66. The maximum Gasteiger partial charge on any atom is 0.115 e. The highest BCUT2D eigenvalue weighted by molar-refractivity contribution is 5.61. The monoisotopic (exact) mass is 308 g/mol. The number of phenolic OH excluding ortho intramolecular Hbond substituents is 2. The third kappa shape index (κ3) is 1.81. The first kappa shape index (κ1) is 14.6. The standard InChI is InChI=1S/C21H24O2/c1-19(2)11-21(18-10-14(23)5-7-15(18)19)12-20(3,4)17-9-13(22)6-8-16(17)21/h5-10,22-23H,11-12H2,1-4H3. The Hall–Kier alpha value is -1.96. The molecule has 2 nitrogen and oxygen atoms in total. The van der Waals surface area contributed by atoms with Gasteiger partial charge in [0, 0.05) is 5.41 Å². The molecule has 4 rings (SSSR count). The largest absolute Gasteiger partial charge is 0.508 e.